The van der Waals surface area contributed by atoms with Gasteiger partial charge in [0.1, 0.15) is 0 Å². The fourth-order valence-corrected chi connectivity index (χ4v) is 4.23. The Labute approximate surface area is 179 Å². The molecule has 4 rings (SSSR count). The Morgan fingerprint density at radius 1 is 1.06 bits per heavy atom. The highest BCUT2D eigenvalue weighted by molar-refractivity contribution is 7.89. The monoisotopic (exact) mass is 464 g/mol. The lowest BCUT2D eigenvalue weighted by Gasteiger charge is -2.12. The van der Waals surface area contributed by atoms with Crippen LogP contribution in [-0.4, -0.2) is 23.2 Å². The normalized spacial score (nSPS) is 12.3. The van der Waals surface area contributed by atoms with Gasteiger partial charge in [0.15, 0.2) is 5.69 Å². The van der Waals surface area contributed by atoms with Crippen LogP contribution in [0.15, 0.2) is 65.1 Å². The summed E-state index contributed by atoms with van der Waals surface area (Å²) in [7, 11) is -3.93. The first-order valence-corrected chi connectivity index (χ1v) is 11.3. The smallest absolute Gasteiger partial charge is 0.252 e. The van der Waals surface area contributed by atoms with E-state index in [0.717, 1.165) is 26.8 Å². The lowest BCUT2D eigenvalue weighted by Crippen LogP contribution is -2.12. The van der Waals surface area contributed by atoms with E-state index >= 15 is 0 Å². The van der Waals surface area contributed by atoms with Gasteiger partial charge in [0, 0.05) is 11.8 Å². The maximum absolute atomic E-state index is 13.5. The minimum Gasteiger partial charge on any atom is -0.252 e. The Morgan fingerprint density at radius 2 is 1.77 bits per heavy atom. The summed E-state index contributed by atoms with van der Waals surface area (Å²) < 4.78 is 64.5. The van der Waals surface area contributed by atoms with Crippen LogP contribution in [0.2, 0.25) is 0 Å². The van der Waals surface area contributed by atoms with Gasteiger partial charge in [0.25, 0.3) is 0 Å². The molecule has 0 saturated carbocycles. The molecule has 0 saturated heterocycles. The van der Waals surface area contributed by atoms with Crippen LogP contribution in [0, 0.1) is 6.92 Å². The van der Waals surface area contributed by atoms with E-state index in [1.165, 1.54) is 35.6 Å². The number of hydrogen-bond acceptors (Lipinski definition) is 5. The molecule has 2 heterocycles. The molecule has 2 aromatic heterocycles. The largest absolute Gasteiger partial charge is 0.435 e. The molecule has 4 aromatic rings. The van der Waals surface area contributed by atoms with E-state index in [9.17, 15) is 21.6 Å². The number of benzene rings is 2. The fraction of sp³-hybridized carbons (Fsp3) is 0.100. The summed E-state index contributed by atoms with van der Waals surface area (Å²) in [6, 6.07) is 11.6. The van der Waals surface area contributed by atoms with Gasteiger partial charge in [-0.05, 0) is 54.4 Å². The molecule has 0 aliphatic carbocycles. The van der Waals surface area contributed by atoms with Gasteiger partial charge in [0.2, 0.25) is 10.0 Å². The molecule has 0 unspecified atom stereocenters. The minimum atomic E-state index is -4.65. The van der Waals surface area contributed by atoms with Crippen molar-refractivity contribution < 1.29 is 21.6 Å². The maximum atomic E-state index is 13.5. The van der Waals surface area contributed by atoms with Crippen LogP contribution in [0.3, 0.4) is 0 Å². The fourth-order valence-electron chi connectivity index (χ4n) is 3.09. The minimum absolute atomic E-state index is 0.149. The van der Waals surface area contributed by atoms with Crippen molar-refractivity contribution in [2.45, 2.75) is 18.0 Å². The number of aromatic nitrogens is 3. The van der Waals surface area contributed by atoms with Crippen LogP contribution >= 0.6 is 11.3 Å². The SMILES string of the molecule is Cc1ccc(-c2cncs2)cc1-c1cc(C(F)(F)F)nn1-c1ccc(S(N)(=O)=O)cc1. The third-order valence-corrected chi connectivity index (χ3v) is 6.39. The molecular formula is C20H15F3N4O2S2. The molecule has 2 N–H and O–H groups in total. The second-order valence-corrected chi connectivity index (χ2v) is 9.21. The summed E-state index contributed by atoms with van der Waals surface area (Å²) in [5.41, 5.74) is 3.23. The van der Waals surface area contributed by atoms with E-state index in [2.05, 4.69) is 10.1 Å². The molecule has 160 valence electrons. The number of alkyl halides is 3. The Kier molecular flexibility index (Phi) is 5.20. The summed E-state index contributed by atoms with van der Waals surface area (Å²) in [6.45, 7) is 1.79. The second kappa shape index (κ2) is 7.59. The van der Waals surface area contributed by atoms with Crippen molar-refractivity contribution in [3.63, 3.8) is 0 Å². The first-order valence-electron chi connectivity index (χ1n) is 8.84. The molecule has 2 aromatic carbocycles. The zero-order valence-electron chi connectivity index (χ0n) is 16.0. The molecule has 0 spiro atoms. The number of aryl methyl sites for hydroxylation is 1. The van der Waals surface area contributed by atoms with Crippen LogP contribution in [-0.2, 0) is 16.2 Å². The van der Waals surface area contributed by atoms with Crippen molar-refractivity contribution in [1.82, 2.24) is 14.8 Å². The summed E-state index contributed by atoms with van der Waals surface area (Å²) in [6.07, 6.45) is -2.97. The first-order chi connectivity index (χ1) is 14.5. The van der Waals surface area contributed by atoms with Gasteiger partial charge in [-0.2, -0.15) is 18.3 Å². The maximum Gasteiger partial charge on any atom is 0.435 e. The molecule has 0 bridgehead atoms. The molecule has 0 aliphatic rings. The quantitative estimate of drug-likeness (QED) is 0.477. The van der Waals surface area contributed by atoms with Crippen molar-refractivity contribution in [2.24, 2.45) is 5.14 Å². The first kappa shape index (κ1) is 21.2. The predicted octanol–water partition coefficient (Wildman–Crippen LogP) is 4.64. The lowest BCUT2D eigenvalue weighted by atomic mass is 10.0. The third kappa shape index (κ3) is 4.24. The second-order valence-electron chi connectivity index (χ2n) is 6.76. The van der Waals surface area contributed by atoms with Crippen molar-refractivity contribution in [3.8, 4) is 27.4 Å². The number of nitrogens with two attached hydrogens (primary N) is 1. The van der Waals surface area contributed by atoms with Gasteiger partial charge in [-0.1, -0.05) is 12.1 Å². The lowest BCUT2D eigenvalue weighted by molar-refractivity contribution is -0.141. The average Bonchev–Trinajstić information content (AvgIpc) is 3.38. The summed E-state index contributed by atoms with van der Waals surface area (Å²) >= 11 is 1.42. The van der Waals surface area contributed by atoms with Gasteiger partial charge in [-0.25, -0.2) is 18.2 Å². The van der Waals surface area contributed by atoms with Gasteiger partial charge < -0.3 is 0 Å². The number of primary sulfonamides is 1. The topological polar surface area (TPSA) is 90.9 Å². The van der Waals surface area contributed by atoms with E-state index in [-0.39, 0.29) is 16.3 Å². The number of thiazole rings is 1. The molecule has 6 nitrogen and oxygen atoms in total. The van der Waals surface area contributed by atoms with Gasteiger partial charge in [0.05, 0.1) is 26.7 Å². The highest BCUT2D eigenvalue weighted by Gasteiger charge is 2.35. The number of rotatable bonds is 4. The molecule has 31 heavy (non-hydrogen) atoms. The highest BCUT2D eigenvalue weighted by atomic mass is 32.2. The summed E-state index contributed by atoms with van der Waals surface area (Å²) in [4.78, 5) is 4.77. The van der Waals surface area contributed by atoms with E-state index in [4.69, 9.17) is 5.14 Å². The average molecular weight is 464 g/mol. The molecule has 0 radical (unpaired) electrons. The van der Waals surface area contributed by atoms with Crippen molar-refractivity contribution >= 4 is 21.4 Å². The summed E-state index contributed by atoms with van der Waals surface area (Å²) in [5.74, 6) is 0. The zero-order chi connectivity index (χ0) is 22.4. The summed E-state index contributed by atoms with van der Waals surface area (Å²) in [5, 5.41) is 8.86. The molecule has 0 aliphatic heterocycles. The van der Waals surface area contributed by atoms with Crippen molar-refractivity contribution in [1.29, 1.82) is 0 Å². The third-order valence-electron chi connectivity index (χ3n) is 4.64. The van der Waals surface area contributed by atoms with E-state index in [0.29, 0.717) is 5.56 Å². The number of hydrogen-bond donors (Lipinski definition) is 1. The zero-order valence-corrected chi connectivity index (χ0v) is 17.6. The van der Waals surface area contributed by atoms with Crippen LogP contribution in [0.25, 0.3) is 27.4 Å². The molecule has 11 heteroatoms. The molecule has 0 amide bonds. The Hall–Kier alpha value is -3.02. The van der Waals surface area contributed by atoms with Crippen molar-refractivity contribution in [2.75, 3.05) is 0 Å². The van der Waals surface area contributed by atoms with Crippen LogP contribution in [0.4, 0.5) is 13.2 Å². The molecule has 0 atom stereocenters. The van der Waals surface area contributed by atoms with Crippen molar-refractivity contribution in [3.05, 3.63) is 71.5 Å². The number of nitrogens with zero attached hydrogens (tertiary/aromatic N) is 3. The van der Waals surface area contributed by atoms with Gasteiger partial charge in [-0.15, -0.1) is 11.3 Å². The number of halogens is 3. The molecule has 0 fully saturated rings. The Morgan fingerprint density at radius 3 is 2.35 bits per heavy atom. The Bertz CT molecular complexity index is 1340. The molecular weight excluding hydrogens is 449 g/mol. The van der Waals surface area contributed by atoms with Crippen LogP contribution in [0.5, 0.6) is 0 Å². The van der Waals surface area contributed by atoms with Crippen LogP contribution in [0.1, 0.15) is 11.3 Å². The predicted molar refractivity (Wildman–Crippen MR) is 111 cm³/mol. The van der Waals surface area contributed by atoms with Gasteiger partial charge >= 0.3 is 6.18 Å². The standard InChI is InChI=1S/C20H15F3N4O2S2/c1-12-2-3-13(18-10-25-11-30-18)8-16(12)17-9-19(20(21,22)23)26-27(17)14-4-6-15(7-5-14)31(24,28)29/h2-11H,1H3,(H2,24,28,29). The highest BCUT2D eigenvalue weighted by Crippen LogP contribution is 2.36. The Balaban J connectivity index is 1.91. The van der Waals surface area contributed by atoms with E-state index in [1.807, 2.05) is 12.1 Å². The number of sulfonamides is 1. The van der Waals surface area contributed by atoms with Crippen LogP contribution < -0.4 is 5.14 Å². The van der Waals surface area contributed by atoms with E-state index in [1.54, 1.807) is 24.7 Å². The van der Waals surface area contributed by atoms with Gasteiger partial charge in [-0.3, -0.25) is 4.98 Å². The van der Waals surface area contributed by atoms with E-state index < -0.39 is 21.9 Å².